The van der Waals surface area contributed by atoms with Crippen LogP contribution in [0, 0.1) is 0 Å². The van der Waals surface area contributed by atoms with Gasteiger partial charge in [0, 0.05) is 25.0 Å². The molecule has 0 heterocycles. The first-order chi connectivity index (χ1) is 12.9. The van der Waals surface area contributed by atoms with Gasteiger partial charge in [0.25, 0.3) is 15.9 Å². The lowest BCUT2D eigenvalue weighted by Crippen LogP contribution is -2.27. The number of nitrogens with zero attached hydrogens (tertiary/aromatic N) is 2. The lowest BCUT2D eigenvalue weighted by atomic mass is 10.1. The van der Waals surface area contributed by atoms with Gasteiger partial charge < -0.3 is 4.90 Å². The fraction of sp³-hybridized carbons (Fsp3) is 0.150. The van der Waals surface area contributed by atoms with Crippen molar-refractivity contribution >= 4 is 32.4 Å². The van der Waals surface area contributed by atoms with Crippen LogP contribution >= 0.6 is 0 Å². The number of rotatable bonds is 5. The Balaban J connectivity index is 1.92. The van der Waals surface area contributed by atoms with E-state index in [1.54, 1.807) is 11.9 Å². The monoisotopic (exact) mass is 384 g/mol. The van der Waals surface area contributed by atoms with Crippen molar-refractivity contribution in [3.8, 4) is 0 Å². The van der Waals surface area contributed by atoms with E-state index in [0.717, 1.165) is 20.9 Å². The maximum Gasteiger partial charge on any atom is 0.264 e. The van der Waals surface area contributed by atoms with Gasteiger partial charge in [-0.05, 0) is 35.7 Å². The van der Waals surface area contributed by atoms with E-state index >= 15 is 0 Å². The van der Waals surface area contributed by atoms with E-state index in [4.69, 9.17) is 4.84 Å². The molecule has 0 aliphatic carbocycles. The first kappa shape index (κ1) is 19.0. The van der Waals surface area contributed by atoms with Gasteiger partial charge >= 0.3 is 0 Å². The summed E-state index contributed by atoms with van der Waals surface area (Å²) in [6, 6.07) is 19.4. The van der Waals surface area contributed by atoms with Crippen molar-refractivity contribution in [2.45, 2.75) is 4.90 Å². The van der Waals surface area contributed by atoms with Crippen molar-refractivity contribution in [1.29, 1.82) is 0 Å². The average Bonchev–Trinajstić information content (AvgIpc) is 2.71. The highest BCUT2D eigenvalue weighted by molar-refractivity contribution is 7.89. The van der Waals surface area contributed by atoms with Crippen LogP contribution in [0.4, 0.5) is 5.69 Å². The molecule has 0 aromatic heterocycles. The number of amides is 1. The third kappa shape index (κ3) is 3.57. The van der Waals surface area contributed by atoms with Crippen molar-refractivity contribution in [3.05, 3.63) is 72.3 Å². The molecule has 27 heavy (non-hydrogen) atoms. The highest BCUT2D eigenvalue weighted by Gasteiger charge is 2.22. The van der Waals surface area contributed by atoms with E-state index in [-0.39, 0.29) is 10.8 Å². The van der Waals surface area contributed by atoms with Crippen molar-refractivity contribution in [2.75, 3.05) is 26.1 Å². The molecule has 3 rings (SSSR count). The highest BCUT2D eigenvalue weighted by Crippen LogP contribution is 2.27. The first-order valence-corrected chi connectivity index (χ1v) is 9.69. The average molecular weight is 384 g/mol. The Morgan fingerprint density at radius 1 is 0.889 bits per heavy atom. The zero-order chi connectivity index (χ0) is 19.6. The summed E-state index contributed by atoms with van der Waals surface area (Å²) in [5, 5.41) is 2.01. The molecule has 0 saturated carbocycles. The summed E-state index contributed by atoms with van der Waals surface area (Å²) in [5.41, 5.74) is 1.18. The first-order valence-electron chi connectivity index (χ1n) is 8.25. The maximum absolute atomic E-state index is 12.9. The summed E-state index contributed by atoms with van der Waals surface area (Å²) in [5.74, 6) is -0.226. The molecule has 0 spiro atoms. The van der Waals surface area contributed by atoms with E-state index in [2.05, 4.69) is 0 Å². The normalized spacial score (nSPS) is 11.7. The maximum atomic E-state index is 12.9. The summed E-state index contributed by atoms with van der Waals surface area (Å²) in [4.78, 5) is 19.3. The molecule has 3 aromatic rings. The number of benzene rings is 3. The van der Waals surface area contributed by atoms with E-state index in [9.17, 15) is 13.2 Å². The highest BCUT2D eigenvalue weighted by atomic mass is 32.2. The summed E-state index contributed by atoms with van der Waals surface area (Å²) in [7, 11) is 0.536. The molecular formula is C20H20N2O4S. The molecule has 0 bridgehead atoms. The molecule has 0 saturated heterocycles. The van der Waals surface area contributed by atoms with Crippen molar-refractivity contribution in [3.63, 3.8) is 0 Å². The van der Waals surface area contributed by atoms with Crippen LogP contribution in [0.3, 0.4) is 0 Å². The molecule has 1 amide bonds. The van der Waals surface area contributed by atoms with E-state index in [0.29, 0.717) is 5.56 Å². The number of fused-ring (bicyclic) bond motifs is 1. The van der Waals surface area contributed by atoms with Gasteiger partial charge in [0.05, 0.1) is 17.7 Å². The Labute approximate surface area is 158 Å². The summed E-state index contributed by atoms with van der Waals surface area (Å²) in [6.07, 6.45) is 0. The molecule has 0 aliphatic rings. The van der Waals surface area contributed by atoms with Crippen LogP contribution in [-0.2, 0) is 14.9 Å². The zero-order valence-corrected chi connectivity index (χ0v) is 16.1. The van der Waals surface area contributed by atoms with Gasteiger partial charge in [0.1, 0.15) is 0 Å². The third-order valence-electron chi connectivity index (χ3n) is 4.43. The summed E-state index contributed by atoms with van der Waals surface area (Å²) in [6.45, 7) is 0. The van der Waals surface area contributed by atoms with Gasteiger partial charge in [-0.1, -0.05) is 40.9 Å². The molecule has 0 radical (unpaired) electrons. The van der Waals surface area contributed by atoms with E-state index in [1.165, 1.54) is 38.4 Å². The predicted molar refractivity (Wildman–Crippen MR) is 105 cm³/mol. The topological polar surface area (TPSA) is 66.9 Å². The Bertz CT molecular complexity index is 1070. The van der Waals surface area contributed by atoms with E-state index < -0.39 is 10.0 Å². The minimum absolute atomic E-state index is 0.0520. The molecule has 0 atom stereocenters. The second-order valence-electron chi connectivity index (χ2n) is 5.98. The summed E-state index contributed by atoms with van der Waals surface area (Å²) >= 11 is 0. The number of anilines is 1. The molecule has 0 aliphatic heterocycles. The van der Waals surface area contributed by atoms with Crippen molar-refractivity contribution in [2.24, 2.45) is 0 Å². The predicted octanol–water partition coefficient (Wildman–Crippen LogP) is 3.30. The van der Waals surface area contributed by atoms with Crippen LogP contribution in [0.5, 0.6) is 0 Å². The Hall–Kier alpha value is -2.74. The third-order valence-corrected chi connectivity index (χ3v) is 6.12. The lowest BCUT2D eigenvalue weighted by Gasteiger charge is -2.20. The Morgan fingerprint density at radius 3 is 2.19 bits per heavy atom. The molecule has 0 N–H and O–H groups in total. The number of hydroxylamine groups is 1. The minimum atomic E-state index is -3.75. The Kier molecular flexibility index (Phi) is 5.27. The Morgan fingerprint density at radius 2 is 1.52 bits per heavy atom. The van der Waals surface area contributed by atoms with Gasteiger partial charge in [0.2, 0.25) is 0 Å². The van der Waals surface area contributed by atoms with Gasteiger partial charge in [-0.15, -0.1) is 0 Å². The number of carbonyl (C=O) groups is 1. The lowest BCUT2D eigenvalue weighted by molar-refractivity contribution is -0.0258. The van der Waals surface area contributed by atoms with Gasteiger partial charge in [-0.2, -0.15) is 0 Å². The molecule has 6 nitrogen and oxygen atoms in total. The molecule has 7 heteroatoms. The van der Waals surface area contributed by atoms with Crippen LogP contribution in [0.15, 0.2) is 71.6 Å². The summed E-state index contributed by atoms with van der Waals surface area (Å²) < 4.78 is 25.3. The number of hydrogen-bond donors (Lipinski definition) is 0. The van der Waals surface area contributed by atoms with Crippen molar-refractivity contribution < 1.29 is 18.0 Å². The number of hydrogen-bond acceptors (Lipinski definition) is 4. The number of carbonyl (C=O) groups excluding carboxylic acids is 1. The zero-order valence-electron chi connectivity index (χ0n) is 15.3. The van der Waals surface area contributed by atoms with Crippen LogP contribution in [0.25, 0.3) is 10.8 Å². The van der Waals surface area contributed by atoms with Gasteiger partial charge in [-0.25, -0.2) is 8.42 Å². The standard InChI is InChI=1S/C20H20N2O4S/c1-21(19-10-6-8-15-7-4-5-9-18(15)19)20(23)16-11-13-17(14-12-16)27(24,25)22(2)26-3/h4-14H,1-3H3. The van der Waals surface area contributed by atoms with E-state index in [1.807, 2.05) is 42.5 Å². The quantitative estimate of drug-likeness (QED) is 0.633. The minimum Gasteiger partial charge on any atom is -0.311 e. The fourth-order valence-electron chi connectivity index (χ4n) is 2.82. The smallest absolute Gasteiger partial charge is 0.264 e. The van der Waals surface area contributed by atoms with Crippen LogP contribution < -0.4 is 4.90 Å². The number of sulfonamides is 1. The van der Waals surface area contributed by atoms with Crippen molar-refractivity contribution in [1.82, 2.24) is 4.47 Å². The molecule has 0 unspecified atom stereocenters. The molecule has 140 valence electrons. The van der Waals surface area contributed by atoms with Crippen LogP contribution in [0.1, 0.15) is 10.4 Å². The van der Waals surface area contributed by atoms with Crippen LogP contribution in [0.2, 0.25) is 0 Å². The second-order valence-corrected chi connectivity index (χ2v) is 7.92. The fourth-order valence-corrected chi connectivity index (χ4v) is 3.79. The second kappa shape index (κ2) is 7.48. The molecular weight excluding hydrogens is 364 g/mol. The molecule has 0 fully saturated rings. The molecule has 3 aromatic carbocycles. The van der Waals surface area contributed by atoms with Gasteiger partial charge in [-0.3, -0.25) is 9.63 Å². The van der Waals surface area contributed by atoms with Gasteiger partial charge in [0.15, 0.2) is 0 Å². The largest absolute Gasteiger partial charge is 0.311 e. The van der Waals surface area contributed by atoms with Crippen LogP contribution in [-0.4, -0.2) is 40.0 Å². The SMILES string of the molecule is CON(C)S(=O)(=O)c1ccc(C(=O)N(C)c2cccc3ccccc23)cc1.